The third-order valence-electron chi connectivity index (χ3n) is 3.59. The van der Waals surface area contributed by atoms with Gasteiger partial charge in [-0.2, -0.15) is 0 Å². The van der Waals surface area contributed by atoms with E-state index in [0.29, 0.717) is 12.5 Å². The Bertz CT molecular complexity index is 182. The van der Waals surface area contributed by atoms with E-state index >= 15 is 0 Å². The highest BCUT2D eigenvalue weighted by molar-refractivity contribution is 4.88. The standard InChI is InChI=1S/C11H23FN2/c1-5-11(2,3)14-7-6-9(13-4)8-10(14)12/h9-10,13H,5-8H2,1-4H3. The quantitative estimate of drug-likeness (QED) is 0.705. The van der Waals surface area contributed by atoms with Crippen LogP contribution < -0.4 is 5.32 Å². The summed E-state index contributed by atoms with van der Waals surface area (Å²) in [6.45, 7) is 7.24. The molecule has 84 valence electrons. The Morgan fingerprint density at radius 3 is 2.57 bits per heavy atom. The van der Waals surface area contributed by atoms with Gasteiger partial charge in [0.05, 0.1) is 0 Å². The fourth-order valence-corrected chi connectivity index (χ4v) is 2.06. The monoisotopic (exact) mass is 202 g/mol. The van der Waals surface area contributed by atoms with E-state index < -0.39 is 6.30 Å². The zero-order valence-corrected chi connectivity index (χ0v) is 9.81. The van der Waals surface area contributed by atoms with Gasteiger partial charge in [0.2, 0.25) is 0 Å². The van der Waals surface area contributed by atoms with E-state index in [2.05, 4.69) is 26.1 Å². The van der Waals surface area contributed by atoms with E-state index in [0.717, 1.165) is 19.4 Å². The van der Waals surface area contributed by atoms with Gasteiger partial charge in [0, 0.05) is 24.5 Å². The third kappa shape index (κ3) is 2.45. The maximum absolute atomic E-state index is 13.9. The molecule has 3 heteroatoms. The zero-order valence-electron chi connectivity index (χ0n) is 9.81. The average Bonchev–Trinajstić information content (AvgIpc) is 2.17. The van der Waals surface area contributed by atoms with E-state index in [4.69, 9.17) is 0 Å². The number of hydrogen-bond donors (Lipinski definition) is 1. The largest absolute Gasteiger partial charge is 0.317 e. The summed E-state index contributed by atoms with van der Waals surface area (Å²) in [6.07, 6.45) is 1.90. The van der Waals surface area contributed by atoms with E-state index in [-0.39, 0.29) is 5.54 Å². The minimum Gasteiger partial charge on any atom is -0.317 e. The van der Waals surface area contributed by atoms with Gasteiger partial charge in [-0.3, -0.25) is 4.90 Å². The molecule has 1 N–H and O–H groups in total. The highest BCUT2D eigenvalue weighted by Crippen LogP contribution is 2.28. The molecule has 0 aromatic rings. The van der Waals surface area contributed by atoms with Crippen LogP contribution in [0.5, 0.6) is 0 Å². The van der Waals surface area contributed by atoms with Crippen molar-refractivity contribution in [2.45, 2.75) is 57.9 Å². The predicted molar refractivity (Wildman–Crippen MR) is 58.1 cm³/mol. The molecule has 0 aliphatic carbocycles. The van der Waals surface area contributed by atoms with E-state index in [1.54, 1.807) is 0 Å². The number of alkyl halides is 1. The molecule has 1 heterocycles. The molecule has 0 amide bonds. The van der Waals surface area contributed by atoms with Crippen molar-refractivity contribution in [3.63, 3.8) is 0 Å². The molecule has 14 heavy (non-hydrogen) atoms. The Balaban J connectivity index is 2.57. The molecule has 0 radical (unpaired) electrons. The molecule has 0 bridgehead atoms. The van der Waals surface area contributed by atoms with Crippen LogP contribution in [0.25, 0.3) is 0 Å². The van der Waals surface area contributed by atoms with Gasteiger partial charge in [0.25, 0.3) is 0 Å². The highest BCUT2D eigenvalue weighted by atomic mass is 19.1. The Hall–Kier alpha value is -0.150. The summed E-state index contributed by atoms with van der Waals surface area (Å²) in [7, 11) is 1.91. The Morgan fingerprint density at radius 2 is 2.14 bits per heavy atom. The fraction of sp³-hybridized carbons (Fsp3) is 1.00. The first kappa shape index (κ1) is 11.9. The van der Waals surface area contributed by atoms with E-state index in [9.17, 15) is 4.39 Å². The first-order valence-electron chi connectivity index (χ1n) is 5.59. The normalized spacial score (nSPS) is 30.6. The predicted octanol–water partition coefficient (Wildman–Crippen LogP) is 2.15. The molecule has 1 aliphatic heterocycles. The summed E-state index contributed by atoms with van der Waals surface area (Å²) < 4.78 is 13.9. The Morgan fingerprint density at radius 1 is 1.50 bits per heavy atom. The summed E-state index contributed by atoms with van der Waals surface area (Å²) in [6, 6.07) is 0.355. The number of rotatable bonds is 3. The molecule has 0 saturated carbocycles. The third-order valence-corrected chi connectivity index (χ3v) is 3.59. The van der Waals surface area contributed by atoms with Gasteiger partial charge in [-0.05, 0) is 33.7 Å². The van der Waals surface area contributed by atoms with Crippen LogP contribution in [0.4, 0.5) is 4.39 Å². The van der Waals surface area contributed by atoms with Crippen molar-refractivity contribution in [2.75, 3.05) is 13.6 Å². The first-order chi connectivity index (χ1) is 6.51. The van der Waals surface area contributed by atoms with Gasteiger partial charge in [-0.25, -0.2) is 4.39 Å². The summed E-state index contributed by atoms with van der Waals surface area (Å²) in [4.78, 5) is 2.00. The first-order valence-corrected chi connectivity index (χ1v) is 5.59. The lowest BCUT2D eigenvalue weighted by atomic mass is 9.93. The highest BCUT2D eigenvalue weighted by Gasteiger charge is 2.35. The Labute approximate surface area is 86.9 Å². The van der Waals surface area contributed by atoms with Crippen molar-refractivity contribution in [3.8, 4) is 0 Å². The molecule has 2 atom stereocenters. The number of nitrogens with one attached hydrogen (secondary N) is 1. The second-order valence-corrected chi connectivity index (χ2v) is 4.80. The van der Waals surface area contributed by atoms with Gasteiger partial charge in [0.15, 0.2) is 6.30 Å². The number of halogens is 1. The van der Waals surface area contributed by atoms with E-state index in [1.807, 2.05) is 11.9 Å². The second kappa shape index (κ2) is 4.58. The molecule has 2 nitrogen and oxygen atoms in total. The number of nitrogens with zero attached hydrogens (tertiary/aromatic N) is 1. The van der Waals surface area contributed by atoms with Gasteiger partial charge in [-0.15, -0.1) is 0 Å². The maximum Gasteiger partial charge on any atom is 0.155 e. The maximum atomic E-state index is 13.9. The van der Waals surface area contributed by atoms with Crippen molar-refractivity contribution in [2.24, 2.45) is 0 Å². The van der Waals surface area contributed by atoms with Crippen molar-refractivity contribution in [1.82, 2.24) is 10.2 Å². The van der Waals surface area contributed by atoms with Crippen LogP contribution in [0.1, 0.15) is 40.0 Å². The topological polar surface area (TPSA) is 15.3 Å². The van der Waals surface area contributed by atoms with Crippen LogP contribution in [-0.4, -0.2) is 36.4 Å². The lowest BCUT2D eigenvalue weighted by molar-refractivity contribution is -0.0387. The van der Waals surface area contributed by atoms with Gasteiger partial charge >= 0.3 is 0 Å². The lowest BCUT2D eigenvalue weighted by Gasteiger charge is -2.44. The molecule has 1 fully saturated rings. The van der Waals surface area contributed by atoms with Crippen LogP contribution in [0.15, 0.2) is 0 Å². The van der Waals surface area contributed by atoms with E-state index in [1.165, 1.54) is 0 Å². The van der Waals surface area contributed by atoms with Gasteiger partial charge < -0.3 is 5.32 Å². The SMILES string of the molecule is CCC(C)(C)N1CCC(NC)CC1F. The minimum atomic E-state index is -0.781. The summed E-state index contributed by atoms with van der Waals surface area (Å²) in [5.41, 5.74) is -0.00186. The molecular formula is C11H23FN2. The molecule has 1 aliphatic rings. The minimum absolute atomic E-state index is 0.00186. The van der Waals surface area contributed by atoms with Crippen LogP contribution in [-0.2, 0) is 0 Å². The van der Waals surface area contributed by atoms with Crippen molar-refractivity contribution >= 4 is 0 Å². The molecule has 1 saturated heterocycles. The number of hydrogen-bond acceptors (Lipinski definition) is 2. The Kier molecular flexibility index (Phi) is 3.90. The van der Waals surface area contributed by atoms with Crippen molar-refractivity contribution in [3.05, 3.63) is 0 Å². The van der Waals surface area contributed by atoms with Crippen LogP contribution in [0.2, 0.25) is 0 Å². The molecule has 2 unspecified atom stereocenters. The van der Waals surface area contributed by atoms with Gasteiger partial charge in [0.1, 0.15) is 0 Å². The number of likely N-dealkylation sites (tertiary alicyclic amines) is 1. The number of piperidine rings is 1. The van der Waals surface area contributed by atoms with Crippen LogP contribution in [0.3, 0.4) is 0 Å². The second-order valence-electron chi connectivity index (χ2n) is 4.80. The smallest absolute Gasteiger partial charge is 0.155 e. The molecule has 0 aromatic carbocycles. The summed E-state index contributed by atoms with van der Waals surface area (Å²) >= 11 is 0. The lowest BCUT2D eigenvalue weighted by Crippen LogP contribution is -2.54. The summed E-state index contributed by atoms with van der Waals surface area (Å²) in [5.74, 6) is 0. The average molecular weight is 202 g/mol. The fourth-order valence-electron chi connectivity index (χ4n) is 2.06. The zero-order chi connectivity index (χ0) is 10.8. The van der Waals surface area contributed by atoms with Crippen LogP contribution >= 0.6 is 0 Å². The molecule has 1 rings (SSSR count). The summed E-state index contributed by atoms with van der Waals surface area (Å²) in [5, 5.41) is 3.16. The van der Waals surface area contributed by atoms with Crippen molar-refractivity contribution < 1.29 is 4.39 Å². The van der Waals surface area contributed by atoms with Crippen LogP contribution in [0, 0.1) is 0 Å². The molecule has 0 aromatic heterocycles. The van der Waals surface area contributed by atoms with Crippen molar-refractivity contribution in [1.29, 1.82) is 0 Å². The van der Waals surface area contributed by atoms with Gasteiger partial charge in [-0.1, -0.05) is 6.92 Å². The molecule has 0 spiro atoms. The molecular weight excluding hydrogens is 179 g/mol.